The summed E-state index contributed by atoms with van der Waals surface area (Å²) >= 11 is 0. The fraction of sp³-hybridized carbons (Fsp3) is 0.417. The Bertz CT molecular complexity index is 1150. The number of nitrogens with one attached hydrogen (secondary N) is 2. The minimum atomic E-state index is -3.66. The van der Waals surface area contributed by atoms with E-state index in [2.05, 4.69) is 10.6 Å². The van der Waals surface area contributed by atoms with Gasteiger partial charge in [0.25, 0.3) is 5.91 Å². The van der Waals surface area contributed by atoms with Gasteiger partial charge < -0.3 is 10.6 Å². The molecule has 0 saturated carbocycles. The van der Waals surface area contributed by atoms with E-state index >= 15 is 0 Å². The topological polar surface area (TPSA) is 95.6 Å². The second-order valence-electron chi connectivity index (χ2n) is 8.33. The van der Waals surface area contributed by atoms with Crippen molar-refractivity contribution in [1.29, 1.82) is 0 Å². The monoisotopic (exact) mass is 493 g/mol. The average molecular weight is 494 g/mol. The number of carbonyl (C=O) groups excluding carboxylic acids is 2. The van der Waals surface area contributed by atoms with E-state index in [-0.39, 0.29) is 35.8 Å². The fourth-order valence-corrected chi connectivity index (χ4v) is 5.59. The Morgan fingerprint density at radius 2 is 1.71 bits per heavy atom. The number of hydrogen-bond acceptors (Lipinski definition) is 4. The number of aryl methyl sites for hydroxylation is 1. The van der Waals surface area contributed by atoms with Crippen molar-refractivity contribution in [2.24, 2.45) is 0 Å². The Hall–Kier alpha value is -2.85. The van der Waals surface area contributed by atoms with E-state index in [9.17, 15) is 26.8 Å². The molecular weight excluding hydrogens is 464 g/mol. The van der Waals surface area contributed by atoms with Crippen LogP contribution >= 0.6 is 0 Å². The van der Waals surface area contributed by atoms with Gasteiger partial charge in [0.15, 0.2) is 0 Å². The highest BCUT2D eigenvalue weighted by Gasteiger charge is 2.27. The molecule has 10 heteroatoms. The molecular formula is C24H29F2N3O4S. The van der Waals surface area contributed by atoms with Crippen LogP contribution in [0.4, 0.5) is 14.5 Å². The summed E-state index contributed by atoms with van der Waals surface area (Å²) in [6.45, 7) is 2.83. The average Bonchev–Trinajstić information content (AvgIpc) is 3.08. The summed E-state index contributed by atoms with van der Waals surface area (Å²) in [4.78, 5) is 24.5. The number of anilines is 1. The Kier molecular flexibility index (Phi) is 8.73. The Balaban J connectivity index is 1.54. The lowest BCUT2D eigenvalue weighted by atomic mass is 10.2. The van der Waals surface area contributed by atoms with Crippen molar-refractivity contribution >= 4 is 27.5 Å². The maximum atomic E-state index is 13.7. The lowest BCUT2D eigenvalue weighted by molar-refractivity contribution is -0.116. The molecule has 0 aliphatic carbocycles. The summed E-state index contributed by atoms with van der Waals surface area (Å²) in [5.41, 5.74) is 0.711. The van der Waals surface area contributed by atoms with Crippen LogP contribution in [0.2, 0.25) is 0 Å². The largest absolute Gasteiger partial charge is 0.352 e. The van der Waals surface area contributed by atoms with E-state index < -0.39 is 27.6 Å². The molecule has 34 heavy (non-hydrogen) atoms. The van der Waals surface area contributed by atoms with Crippen LogP contribution in [-0.2, 0) is 14.8 Å². The van der Waals surface area contributed by atoms with Crippen LogP contribution in [0.5, 0.6) is 0 Å². The zero-order valence-corrected chi connectivity index (χ0v) is 19.9. The minimum Gasteiger partial charge on any atom is -0.352 e. The van der Waals surface area contributed by atoms with Crippen molar-refractivity contribution in [3.05, 3.63) is 59.2 Å². The molecule has 0 radical (unpaired) electrons. The standard InChI is InChI=1S/C24H29F2N3O4S/c1-17-8-10-19(16-22(17)34(32,33)29-13-4-2-3-5-14-29)28-23(30)7-6-12-27-24(31)20-11-9-18(25)15-21(20)26/h8-11,15-16H,2-7,12-14H2,1H3,(H,27,31)(H,28,30). The van der Waals surface area contributed by atoms with Gasteiger partial charge in [0, 0.05) is 37.8 Å². The molecule has 2 aromatic carbocycles. The highest BCUT2D eigenvalue weighted by Crippen LogP contribution is 2.26. The lowest BCUT2D eigenvalue weighted by Crippen LogP contribution is -2.32. The van der Waals surface area contributed by atoms with Gasteiger partial charge in [-0.25, -0.2) is 17.2 Å². The van der Waals surface area contributed by atoms with Crippen LogP contribution in [0.25, 0.3) is 0 Å². The molecule has 184 valence electrons. The van der Waals surface area contributed by atoms with E-state index in [1.165, 1.54) is 10.4 Å². The molecule has 0 atom stereocenters. The molecule has 2 aromatic rings. The summed E-state index contributed by atoms with van der Waals surface area (Å²) in [5.74, 6) is -2.77. The predicted molar refractivity (Wildman–Crippen MR) is 125 cm³/mol. The first-order valence-corrected chi connectivity index (χ1v) is 12.8. The van der Waals surface area contributed by atoms with Crippen molar-refractivity contribution in [2.45, 2.75) is 50.3 Å². The molecule has 1 heterocycles. The first kappa shape index (κ1) is 25.8. The van der Waals surface area contributed by atoms with E-state index in [0.29, 0.717) is 30.4 Å². The Morgan fingerprint density at radius 3 is 2.38 bits per heavy atom. The summed E-state index contributed by atoms with van der Waals surface area (Å²) in [7, 11) is -3.66. The summed E-state index contributed by atoms with van der Waals surface area (Å²) in [5, 5.41) is 5.19. The van der Waals surface area contributed by atoms with E-state index in [1.54, 1.807) is 19.1 Å². The van der Waals surface area contributed by atoms with Gasteiger partial charge in [-0.1, -0.05) is 18.9 Å². The number of rotatable bonds is 8. The number of nitrogens with zero attached hydrogens (tertiary/aromatic N) is 1. The SMILES string of the molecule is Cc1ccc(NC(=O)CCCNC(=O)c2ccc(F)cc2F)cc1S(=O)(=O)N1CCCCCC1. The first-order valence-electron chi connectivity index (χ1n) is 11.3. The van der Waals surface area contributed by atoms with Gasteiger partial charge in [0.1, 0.15) is 11.6 Å². The number of halogens is 2. The predicted octanol–water partition coefficient (Wildman–Crippen LogP) is 3.99. The molecule has 0 unspecified atom stereocenters. The molecule has 7 nitrogen and oxygen atoms in total. The van der Waals surface area contributed by atoms with E-state index in [4.69, 9.17) is 0 Å². The molecule has 1 fully saturated rings. The van der Waals surface area contributed by atoms with Crippen LogP contribution in [0.3, 0.4) is 0 Å². The van der Waals surface area contributed by atoms with Gasteiger partial charge in [0.2, 0.25) is 15.9 Å². The van der Waals surface area contributed by atoms with Gasteiger partial charge >= 0.3 is 0 Å². The first-order chi connectivity index (χ1) is 16.2. The number of carbonyl (C=O) groups is 2. The zero-order valence-electron chi connectivity index (χ0n) is 19.1. The van der Waals surface area contributed by atoms with Crippen LogP contribution < -0.4 is 10.6 Å². The summed E-state index contributed by atoms with van der Waals surface area (Å²) in [6, 6.07) is 7.47. The minimum absolute atomic E-state index is 0.0638. The smallest absolute Gasteiger partial charge is 0.254 e. The van der Waals surface area contributed by atoms with Crippen molar-refractivity contribution in [2.75, 3.05) is 25.0 Å². The van der Waals surface area contributed by atoms with Gasteiger partial charge in [-0.3, -0.25) is 9.59 Å². The number of amides is 2. The lowest BCUT2D eigenvalue weighted by Gasteiger charge is -2.21. The van der Waals surface area contributed by atoms with Gasteiger partial charge in [-0.2, -0.15) is 4.31 Å². The van der Waals surface area contributed by atoms with Crippen LogP contribution in [0, 0.1) is 18.6 Å². The van der Waals surface area contributed by atoms with Gasteiger partial charge in [0.05, 0.1) is 10.5 Å². The van der Waals surface area contributed by atoms with Crippen LogP contribution in [-0.4, -0.2) is 44.2 Å². The number of sulfonamides is 1. The normalized spacial score (nSPS) is 14.9. The molecule has 0 spiro atoms. The third-order valence-electron chi connectivity index (χ3n) is 5.70. The van der Waals surface area contributed by atoms with Crippen molar-refractivity contribution in [3.8, 4) is 0 Å². The summed E-state index contributed by atoms with van der Waals surface area (Å²) < 4.78 is 54.4. The van der Waals surface area contributed by atoms with Crippen molar-refractivity contribution in [1.82, 2.24) is 9.62 Å². The Labute approximate surface area is 198 Å². The van der Waals surface area contributed by atoms with Gasteiger partial charge in [-0.05, 0) is 56.0 Å². The molecule has 1 saturated heterocycles. The third-order valence-corrected chi connectivity index (χ3v) is 7.74. The van der Waals surface area contributed by atoms with E-state index in [0.717, 1.165) is 37.8 Å². The third kappa shape index (κ3) is 6.60. The number of benzene rings is 2. The highest BCUT2D eigenvalue weighted by atomic mass is 32.2. The molecule has 0 bridgehead atoms. The Morgan fingerprint density at radius 1 is 1.00 bits per heavy atom. The number of hydrogen-bond donors (Lipinski definition) is 2. The second kappa shape index (κ2) is 11.5. The molecule has 1 aliphatic heterocycles. The fourth-order valence-electron chi connectivity index (χ4n) is 3.82. The molecule has 2 N–H and O–H groups in total. The van der Waals surface area contributed by atoms with Gasteiger partial charge in [-0.15, -0.1) is 0 Å². The van der Waals surface area contributed by atoms with Crippen molar-refractivity contribution in [3.63, 3.8) is 0 Å². The molecule has 0 aromatic heterocycles. The van der Waals surface area contributed by atoms with E-state index in [1.807, 2.05) is 0 Å². The quantitative estimate of drug-likeness (QED) is 0.544. The molecule has 1 aliphatic rings. The van der Waals surface area contributed by atoms with Crippen LogP contribution in [0.15, 0.2) is 41.3 Å². The highest BCUT2D eigenvalue weighted by molar-refractivity contribution is 7.89. The second-order valence-corrected chi connectivity index (χ2v) is 10.2. The molecule has 2 amide bonds. The van der Waals surface area contributed by atoms with Crippen LogP contribution in [0.1, 0.15) is 54.4 Å². The molecule has 3 rings (SSSR count). The maximum Gasteiger partial charge on any atom is 0.254 e. The van der Waals surface area contributed by atoms with Crippen molar-refractivity contribution < 1.29 is 26.8 Å². The zero-order chi connectivity index (χ0) is 24.7. The summed E-state index contributed by atoms with van der Waals surface area (Å²) in [6.07, 6.45) is 4.04. The maximum absolute atomic E-state index is 13.7.